The predicted octanol–water partition coefficient (Wildman–Crippen LogP) is 8.01. The van der Waals surface area contributed by atoms with Gasteiger partial charge in [0.15, 0.2) is 6.17 Å². The highest BCUT2D eigenvalue weighted by atomic mass is 35.5. The van der Waals surface area contributed by atoms with Gasteiger partial charge in [-0.05, 0) is 52.9 Å². The lowest BCUT2D eigenvalue weighted by atomic mass is 10.1. The number of carboxylic acid groups (broad SMARTS) is 2. The van der Waals surface area contributed by atoms with Gasteiger partial charge in [0, 0.05) is 27.9 Å². The normalized spacial score (nSPS) is 12.0. The number of hydrogen-bond acceptors (Lipinski definition) is 4. The molecule has 42 heavy (non-hydrogen) atoms. The number of carboxylic acids is 2. The molecular weight excluding hydrogens is 681 g/mol. The Kier molecular flexibility index (Phi) is 21.2. The van der Waals surface area contributed by atoms with Crippen LogP contribution in [0.1, 0.15) is 16.7 Å². The van der Waals surface area contributed by atoms with Crippen LogP contribution in [-0.2, 0) is 33.6 Å². The summed E-state index contributed by atoms with van der Waals surface area (Å²) in [5, 5.41) is 17.5. The minimum atomic E-state index is -1.89. The van der Waals surface area contributed by atoms with E-state index in [0.717, 1.165) is 5.56 Å². The third-order valence-electron chi connectivity index (χ3n) is 4.94. The van der Waals surface area contributed by atoms with Gasteiger partial charge in [-0.15, -0.1) is 23.2 Å². The molecule has 0 bridgehead atoms. The molecule has 0 saturated carbocycles. The molecule has 3 atom stereocenters. The molecule has 0 aromatic heterocycles. The van der Waals surface area contributed by atoms with Crippen LogP contribution in [0.2, 0.25) is 15.1 Å². The topological polar surface area (TPSA) is 118 Å². The summed E-state index contributed by atoms with van der Waals surface area (Å²) in [6, 6.07) is 19.6. The van der Waals surface area contributed by atoms with E-state index in [1.54, 1.807) is 72.8 Å². The minimum absolute atomic E-state index is 0.0675. The van der Waals surface area contributed by atoms with Crippen LogP contribution in [0.5, 0.6) is 0 Å². The van der Waals surface area contributed by atoms with Crippen molar-refractivity contribution in [2.45, 2.75) is 37.6 Å². The van der Waals surface area contributed by atoms with E-state index in [2.05, 4.69) is 0 Å². The maximum absolute atomic E-state index is 12.9. The number of alkyl halides is 4. The van der Waals surface area contributed by atoms with E-state index in [0.29, 0.717) is 26.2 Å². The van der Waals surface area contributed by atoms with E-state index in [-0.39, 0.29) is 24.6 Å². The van der Waals surface area contributed by atoms with E-state index in [1.165, 1.54) is 0 Å². The Bertz CT molecular complexity index is 1120. The second kappa shape index (κ2) is 22.4. The maximum atomic E-state index is 12.9. The highest BCUT2D eigenvalue weighted by Gasteiger charge is 2.17. The van der Waals surface area contributed by atoms with Crippen molar-refractivity contribution in [1.29, 1.82) is 0 Å². The molecule has 0 amide bonds. The van der Waals surface area contributed by atoms with Crippen LogP contribution in [0.25, 0.3) is 0 Å². The number of carbonyl (C=O) groups is 3. The fourth-order valence-electron chi connectivity index (χ4n) is 2.87. The van der Waals surface area contributed by atoms with Crippen molar-refractivity contribution in [2.75, 3.05) is 5.34 Å². The van der Waals surface area contributed by atoms with Gasteiger partial charge in [-0.3, -0.25) is 9.59 Å². The van der Waals surface area contributed by atoms with E-state index in [1.807, 2.05) is 0 Å². The Morgan fingerprint density at radius 1 is 0.643 bits per heavy atom. The zero-order valence-corrected chi connectivity index (χ0v) is 26.2. The van der Waals surface area contributed by atoms with E-state index < -0.39 is 35.6 Å². The molecule has 3 aromatic rings. The SMILES string of the molecule is ClCCl.NC(Cc1ccccc1Cl)C(=O)O.O=C(Cl)C(F)Cc1ccccc1Cl.O=C(O)C(F)Cc1ccccc1Cl. The largest absolute Gasteiger partial charge is 0.480 e. The molecule has 0 fully saturated rings. The predicted molar refractivity (Wildman–Crippen MR) is 166 cm³/mol. The molecule has 0 radical (unpaired) electrons. The molecule has 0 spiro atoms. The zero-order valence-electron chi connectivity index (χ0n) is 21.7. The van der Waals surface area contributed by atoms with Gasteiger partial charge in [-0.25, -0.2) is 13.6 Å². The van der Waals surface area contributed by atoms with Crippen LogP contribution in [0.4, 0.5) is 8.78 Å². The van der Waals surface area contributed by atoms with Gasteiger partial charge in [-0.1, -0.05) is 89.4 Å². The summed E-state index contributed by atoms with van der Waals surface area (Å²) in [5.41, 5.74) is 7.22. The molecule has 0 aliphatic carbocycles. The van der Waals surface area contributed by atoms with Crippen molar-refractivity contribution < 1.29 is 33.4 Å². The first kappa shape index (κ1) is 39.8. The summed E-state index contributed by atoms with van der Waals surface area (Å²) in [4.78, 5) is 31.1. The molecule has 0 aliphatic heterocycles. The van der Waals surface area contributed by atoms with Crippen molar-refractivity contribution in [3.05, 3.63) is 105 Å². The number of halogens is 8. The molecule has 4 N–H and O–H groups in total. The van der Waals surface area contributed by atoms with Gasteiger partial charge in [-0.2, -0.15) is 0 Å². The zero-order chi connectivity index (χ0) is 32.2. The lowest BCUT2D eigenvalue weighted by Crippen LogP contribution is -2.32. The van der Waals surface area contributed by atoms with Crippen LogP contribution >= 0.6 is 69.6 Å². The molecular formula is C28H27Cl6F2NO5. The van der Waals surface area contributed by atoms with Gasteiger partial charge in [0.2, 0.25) is 6.17 Å². The molecule has 3 unspecified atom stereocenters. The summed E-state index contributed by atoms with van der Waals surface area (Å²) in [6.45, 7) is 0. The Labute approximate surface area is 272 Å². The lowest BCUT2D eigenvalue weighted by molar-refractivity contribution is -0.142. The second-order valence-corrected chi connectivity index (χ2v) is 10.4. The van der Waals surface area contributed by atoms with Crippen molar-refractivity contribution >= 4 is 86.8 Å². The fraction of sp³-hybridized carbons (Fsp3) is 0.250. The summed E-state index contributed by atoms with van der Waals surface area (Å²) in [6.07, 6.45) is -3.56. The number of nitrogens with two attached hydrogens (primary N) is 1. The maximum Gasteiger partial charge on any atom is 0.338 e. The number of rotatable bonds is 9. The Balaban J connectivity index is 0.000000572. The van der Waals surface area contributed by atoms with E-state index in [4.69, 9.17) is 85.6 Å². The first-order valence-corrected chi connectivity index (χ1v) is 14.3. The first-order valence-electron chi connectivity index (χ1n) is 11.8. The van der Waals surface area contributed by atoms with Crippen LogP contribution in [-0.4, -0.2) is 51.1 Å². The van der Waals surface area contributed by atoms with E-state index >= 15 is 0 Å². The van der Waals surface area contributed by atoms with E-state index in [9.17, 15) is 23.2 Å². The van der Waals surface area contributed by atoms with Crippen molar-refractivity contribution in [1.82, 2.24) is 0 Å². The molecule has 0 aliphatic rings. The van der Waals surface area contributed by atoms with Crippen LogP contribution in [0.3, 0.4) is 0 Å². The highest BCUT2D eigenvalue weighted by Crippen LogP contribution is 2.19. The van der Waals surface area contributed by atoms with Gasteiger partial charge < -0.3 is 15.9 Å². The van der Waals surface area contributed by atoms with Gasteiger partial charge in [0.25, 0.3) is 5.24 Å². The van der Waals surface area contributed by atoms with Crippen molar-refractivity contribution in [3.63, 3.8) is 0 Å². The number of benzene rings is 3. The highest BCUT2D eigenvalue weighted by molar-refractivity contribution is 6.64. The van der Waals surface area contributed by atoms with Gasteiger partial charge in [0.05, 0.1) is 5.34 Å². The minimum Gasteiger partial charge on any atom is -0.480 e. The standard InChI is InChI=1S/C9H7Cl2FO.C9H8ClFO2.C9H10ClNO2.CH2Cl2/c10-7-4-2-1-3-6(7)5-8(12)9(11)13;2*10-7-4-2-1-3-6(7)5-8(11)9(12)13;2-1-3/h1-4,8H,5H2;1-4,8H,5H2,(H,12,13);1-4,8H,5,11H2,(H,12,13);1H2. The quantitative estimate of drug-likeness (QED) is 0.153. The Hall–Kier alpha value is -2.17. The third-order valence-corrected chi connectivity index (χ3v) is 6.29. The fourth-order valence-corrected chi connectivity index (χ4v) is 3.59. The first-order chi connectivity index (χ1) is 19.7. The van der Waals surface area contributed by atoms with Crippen molar-refractivity contribution in [2.24, 2.45) is 5.73 Å². The number of aliphatic carboxylic acids is 2. The Morgan fingerprint density at radius 2 is 0.952 bits per heavy atom. The smallest absolute Gasteiger partial charge is 0.338 e. The summed E-state index contributed by atoms with van der Waals surface area (Å²) < 4.78 is 25.6. The van der Waals surface area contributed by atoms with Crippen LogP contribution in [0.15, 0.2) is 72.8 Å². The molecule has 230 valence electrons. The molecule has 0 saturated heterocycles. The van der Waals surface area contributed by atoms with Gasteiger partial charge >= 0.3 is 11.9 Å². The molecule has 14 heteroatoms. The summed E-state index contributed by atoms with van der Waals surface area (Å²) >= 11 is 31.8. The number of hydrogen-bond donors (Lipinski definition) is 3. The second-order valence-electron chi connectivity index (χ2n) is 8.01. The molecule has 3 rings (SSSR count). The Morgan fingerprint density at radius 3 is 1.24 bits per heavy atom. The average molecular weight is 708 g/mol. The monoisotopic (exact) mass is 705 g/mol. The molecule has 0 heterocycles. The lowest BCUT2D eigenvalue weighted by Gasteiger charge is -2.07. The average Bonchev–Trinajstić information content (AvgIpc) is 2.93. The molecule has 6 nitrogen and oxygen atoms in total. The van der Waals surface area contributed by atoms with Gasteiger partial charge in [0.1, 0.15) is 6.04 Å². The van der Waals surface area contributed by atoms with Crippen LogP contribution in [0, 0.1) is 0 Å². The number of carbonyl (C=O) groups excluding carboxylic acids is 1. The summed E-state index contributed by atoms with van der Waals surface area (Å²) in [5.74, 6) is -2.47. The van der Waals surface area contributed by atoms with Crippen molar-refractivity contribution in [3.8, 4) is 0 Å². The third kappa shape index (κ3) is 17.1. The summed E-state index contributed by atoms with van der Waals surface area (Å²) in [7, 11) is 0. The molecule has 3 aromatic carbocycles. The van der Waals surface area contributed by atoms with Crippen LogP contribution < -0.4 is 5.73 Å².